The summed E-state index contributed by atoms with van der Waals surface area (Å²) in [5.41, 5.74) is -0.205. The number of anilines is 1. The molecule has 0 fully saturated rings. The maximum absolute atomic E-state index is 14.0. The first kappa shape index (κ1) is 23.0. The number of benzene rings is 2. The summed E-state index contributed by atoms with van der Waals surface area (Å²) < 4.78 is 86.8. The zero-order valence-electron chi connectivity index (χ0n) is 16.1. The summed E-state index contributed by atoms with van der Waals surface area (Å²) in [5.74, 6) is -2.04. The first-order valence-corrected chi connectivity index (χ1v) is 11.7. The average molecular weight is 449 g/mol. The fourth-order valence-electron chi connectivity index (χ4n) is 2.63. The summed E-state index contributed by atoms with van der Waals surface area (Å²) in [6.45, 7) is 5.62. The minimum atomic E-state index is -4.55. The van der Waals surface area contributed by atoms with Crippen LogP contribution in [0.5, 0.6) is 5.75 Å². The van der Waals surface area contributed by atoms with Crippen molar-refractivity contribution in [3.05, 3.63) is 48.0 Å². The van der Waals surface area contributed by atoms with Gasteiger partial charge in [0, 0.05) is 13.1 Å². The number of halogens is 2. The summed E-state index contributed by atoms with van der Waals surface area (Å²) in [7, 11) is -8.44. The molecule has 11 heteroatoms. The molecular formula is C18H22F2N2O5S2. The number of sulfonamides is 2. The molecule has 0 aromatic heterocycles. The molecule has 0 saturated carbocycles. The molecule has 0 spiro atoms. The molecule has 0 bridgehead atoms. The predicted octanol–water partition coefficient (Wildman–Crippen LogP) is 3.19. The third kappa shape index (κ3) is 5.03. The van der Waals surface area contributed by atoms with Gasteiger partial charge in [-0.05, 0) is 43.3 Å². The Morgan fingerprint density at radius 3 is 2.21 bits per heavy atom. The van der Waals surface area contributed by atoms with E-state index in [1.807, 2.05) is 0 Å². The lowest BCUT2D eigenvalue weighted by molar-refractivity contribution is 0.341. The van der Waals surface area contributed by atoms with Crippen LogP contribution in [0.4, 0.5) is 14.5 Å². The Morgan fingerprint density at radius 1 is 0.966 bits per heavy atom. The number of hydrogen-bond donors (Lipinski definition) is 1. The molecule has 0 unspecified atom stereocenters. The molecular weight excluding hydrogens is 426 g/mol. The van der Waals surface area contributed by atoms with E-state index in [1.54, 1.807) is 20.8 Å². The second kappa shape index (κ2) is 9.06. The van der Waals surface area contributed by atoms with Crippen LogP contribution in [-0.2, 0) is 20.0 Å². The van der Waals surface area contributed by atoms with Crippen LogP contribution in [0.15, 0.2) is 46.2 Å². The highest BCUT2D eigenvalue weighted by Crippen LogP contribution is 2.31. The monoisotopic (exact) mass is 448 g/mol. The molecule has 2 aromatic rings. The van der Waals surface area contributed by atoms with Crippen molar-refractivity contribution in [1.29, 1.82) is 0 Å². The van der Waals surface area contributed by atoms with Crippen LogP contribution in [-0.4, -0.2) is 40.8 Å². The third-order valence-electron chi connectivity index (χ3n) is 4.02. The molecule has 2 rings (SSSR count). The molecule has 0 aliphatic heterocycles. The van der Waals surface area contributed by atoms with Crippen molar-refractivity contribution >= 4 is 25.7 Å². The molecule has 1 N–H and O–H groups in total. The van der Waals surface area contributed by atoms with Crippen molar-refractivity contribution in [3.8, 4) is 5.75 Å². The van der Waals surface area contributed by atoms with Crippen LogP contribution in [0.2, 0.25) is 0 Å². The minimum Gasteiger partial charge on any atom is -0.492 e. The minimum absolute atomic E-state index is 0.0476. The van der Waals surface area contributed by atoms with Crippen LogP contribution in [0, 0.1) is 11.6 Å². The molecule has 0 radical (unpaired) electrons. The fraction of sp³-hybridized carbons (Fsp3) is 0.333. The summed E-state index contributed by atoms with van der Waals surface area (Å²) >= 11 is 0. The zero-order valence-corrected chi connectivity index (χ0v) is 17.8. The summed E-state index contributed by atoms with van der Waals surface area (Å²) in [6.07, 6.45) is 0. The van der Waals surface area contributed by atoms with E-state index >= 15 is 0 Å². The van der Waals surface area contributed by atoms with E-state index in [2.05, 4.69) is 4.72 Å². The van der Waals surface area contributed by atoms with Crippen LogP contribution >= 0.6 is 0 Å². The van der Waals surface area contributed by atoms with E-state index in [4.69, 9.17) is 4.74 Å². The molecule has 2 aromatic carbocycles. The SMILES string of the molecule is CCOc1ccc(S(=O)(=O)N(CC)CC)cc1NS(=O)(=O)c1cc(F)ccc1F. The van der Waals surface area contributed by atoms with E-state index in [9.17, 15) is 25.6 Å². The Labute approximate surface area is 169 Å². The van der Waals surface area contributed by atoms with E-state index in [0.717, 1.165) is 12.1 Å². The average Bonchev–Trinajstić information content (AvgIpc) is 2.65. The zero-order chi connectivity index (χ0) is 21.8. The fourth-order valence-corrected chi connectivity index (χ4v) is 5.26. The van der Waals surface area contributed by atoms with Crippen LogP contribution in [0.3, 0.4) is 0 Å². The first-order valence-electron chi connectivity index (χ1n) is 8.81. The number of ether oxygens (including phenoxy) is 1. The Hall–Kier alpha value is -2.24. The van der Waals surface area contributed by atoms with Crippen LogP contribution in [0.25, 0.3) is 0 Å². The van der Waals surface area contributed by atoms with Crippen molar-refractivity contribution in [1.82, 2.24) is 4.31 Å². The molecule has 7 nitrogen and oxygen atoms in total. The largest absolute Gasteiger partial charge is 0.492 e. The molecule has 0 aliphatic carbocycles. The van der Waals surface area contributed by atoms with Crippen molar-refractivity contribution < 1.29 is 30.4 Å². The number of rotatable bonds is 9. The van der Waals surface area contributed by atoms with Gasteiger partial charge >= 0.3 is 0 Å². The van der Waals surface area contributed by atoms with Gasteiger partial charge in [-0.3, -0.25) is 4.72 Å². The molecule has 0 aliphatic rings. The molecule has 160 valence electrons. The second-order valence-electron chi connectivity index (χ2n) is 5.86. The van der Waals surface area contributed by atoms with E-state index in [1.165, 1.54) is 16.4 Å². The van der Waals surface area contributed by atoms with Gasteiger partial charge in [0.1, 0.15) is 22.3 Å². The van der Waals surface area contributed by atoms with E-state index in [-0.39, 0.29) is 36.0 Å². The van der Waals surface area contributed by atoms with Gasteiger partial charge in [-0.15, -0.1) is 0 Å². The van der Waals surface area contributed by atoms with Gasteiger partial charge < -0.3 is 4.74 Å². The van der Waals surface area contributed by atoms with Crippen molar-refractivity contribution in [3.63, 3.8) is 0 Å². The quantitative estimate of drug-likeness (QED) is 0.636. The smallest absolute Gasteiger partial charge is 0.265 e. The lowest BCUT2D eigenvalue weighted by Crippen LogP contribution is -2.30. The van der Waals surface area contributed by atoms with Gasteiger partial charge in [0.25, 0.3) is 10.0 Å². The molecule has 29 heavy (non-hydrogen) atoms. The number of hydrogen-bond acceptors (Lipinski definition) is 5. The van der Waals surface area contributed by atoms with E-state index < -0.39 is 36.6 Å². The normalized spacial score (nSPS) is 12.2. The van der Waals surface area contributed by atoms with Crippen molar-refractivity contribution in [2.24, 2.45) is 0 Å². The highest BCUT2D eigenvalue weighted by atomic mass is 32.2. The lowest BCUT2D eigenvalue weighted by Gasteiger charge is -2.20. The summed E-state index contributed by atoms with van der Waals surface area (Å²) in [4.78, 5) is -1.07. The number of nitrogens with one attached hydrogen (secondary N) is 1. The summed E-state index contributed by atoms with van der Waals surface area (Å²) in [5, 5.41) is 0. The number of nitrogens with zero attached hydrogens (tertiary/aromatic N) is 1. The highest BCUT2D eigenvalue weighted by molar-refractivity contribution is 7.92. The van der Waals surface area contributed by atoms with Gasteiger partial charge in [-0.2, -0.15) is 4.31 Å². The highest BCUT2D eigenvalue weighted by Gasteiger charge is 2.26. The van der Waals surface area contributed by atoms with Gasteiger partial charge in [0.2, 0.25) is 10.0 Å². The lowest BCUT2D eigenvalue weighted by atomic mass is 10.3. The van der Waals surface area contributed by atoms with Crippen molar-refractivity contribution in [2.45, 2.75) is 30.6 Å². The van der Waals surface area contributed by atoms with Gasteiger partial charge in [0.15, 0.2) is 0 Å². The molecule has 0 atom stereocenters. The Kier molecular flexibility index (Phi) is 7.20. The molecule has 0 amide bonds. The van der Waals surface area contributed by atoms with Gasteiger partial charge in [-0.1, -0.05) is 13.8 Å². The Morgan fingerprint density at radius 2 is 1.62 bits per heavy atom. The standard InChI is InChI=1S/C18H22F2N2O5S2/c1-4-22(5-2)29(25,26)14-8-10-17(27-6-3)16(12-14)21-28(23,24)18-11-13(19)7-9-15(18)20/h7-12,21H,4-6H2,1-3H3. The second-order valence-corrected chi connectivity index (χ2v) is 9.45. The first-order chi connectivity index (χ1) is 13.6. The van der Waals surface area contributed by atoms with Gasteiger partial charge in [-0.25, -0.2) is 25.6 Å². The molecule has 0 saturated heterocycles. The van der Waals surface area contributed by atoms with Gasteiger partial charge in [0.05, 0.1) is 17.2 Å². The Balaban J connectivity index is 2.57. The topological polar surface area (TPSA) is 92.8 Å². The maximum atomic E-state index is 14.0. The van der Waals surface area contributed by atoms with Crippen LogP contribution < -0.4 is 9.46 Å². The Bertz CT molecular complexity index is 1090. The third-order valence-corrected chi connectivity index (χ3v) is 7.45. The van der Waals surface area contributed by atoms with Crippen molar-refractivity contribution in [2.75, 3.05) is 24.4 Å². The van der Waals surface area contributed by atoms with Crippen LogP contribution in [0.1, 0.15) is 20.8 Å². The molecule has 0 heterocycles. The van der Waals surface area contributed by atoms with E-state index in [0.29, 0.717) is 12.1 Å². The maximum Gasteiger partial charge on any atom is 0.265 e. The summed E-state index contributed by atoms with van der Waals surface area (Å²) in [6, 6.07) is 5.70. The predicted molar refractivity (Wildman–Crippen MR) is 105 cm³/mol.